The molecule has 0 aromatic heterocycles. The molecule has 1 aliphatic heterocycles. The van der Waals surface area contributed by atoms with Gasteiger partial charge < -0.3 is 15.3 Å². The van der Waals surface area contributed by atoms with Crippen molar-refractivity contribution in [2.75, 3.05) is 24.5 Å². The molecule has 0 saturated carbocycles. The van der Waals surface area contributed by atoms with E-state index in [0.29, 0.717) is 6.54 Å². The minimum absolute atomic E-state index is 0.0103. The van der Waals surface area contributed by atoms with Gasteiger partial charge in [-0.2, -0.15) is 5.26 Å². The third kappa shape index (κ3) is 6.80. The molecule has 2 amide bonds. The van der Waals surface area contributed by atoms with E-state index < -0.39 is 0 Å². The molecule has 1 atom stereocenters. The van der Waals surface area contributed by atoms with Gasteiger partial charge >= 0.3 is 0 Å². The summed E-state index contributed by atoms with van der Waals surface area (Å²) in [7, 11) is 0. The van der Waals surface area contributed by atoms with Crippen LogP contribution in [0.2, 0.25) is 0 Å². The van der Waals surface area contributed by atoms with Crippen LogP contribution in [0.15, 0.2) is 48.5 Å². The van der Waals surface area contributed by atoms with E-state index in [4.69, 9.17) is 5.26 Å². The number of carbonyl (C=O) groups is 2. The largest absolute Gasteiger partial charge is 0.508 e. The van der Waals surface area contributed by atoms with Gasteiger partial charge in [-0.3, -0.25) is 14.5 Å². The van der Waals surface area contributed by atoms with Crippen molar-refractivity contribution in [1.29, 1.82) is 5.26 Å². The molecule has 174 valence electrons. The molecular weight excluding hydrogens is 416 g/mol. The minimum Gasteiger partial charge on any atom is -0.508 e. The first kappa shape index (κ1) is 24.3. The van der Waals surface area contributed by atoms with Crippen molar-refractivity contribution >= 4 is 17.5 Å². The molecule has 1 saturated heterocycles. The third-order valence-corrected chi connectivity index (χ3v) is 6.16. The number of piperidine rings is 1. The van der Waals surface area contributed by atoms with E-state index in [1.54, 1.807) is 29.2 Å². The summed E-state index contributed by atoms with van der Waals surface area (Å²) >= 11 is 0. The molecule has 3 rings (SSSR count). The van der Waals surface area contributed by atoms with Crippen LogP contribution in [0.3, 0.4) is 0 Å². The Kier molecular flexibility index (Phi) is 8.45. The van der Waals surface area contributed by atoms with Crippen LogP contribution >= 0.6 is 0 Å². The molecule has 0 bridgehead atoms. The monoisotopic (exact) mass is 448 g/mol. The molecule has 33 heavy (non-hydrogen) atoms. The lowest BCUT2D eigenvalue weighted by molar-refractivity contribution is -0.125. The average Bonchev–Trinajstić information content (AvgIpc) is 2.81. The zero-order chi connectivity index (χ0) is 23.8. The van der Waals surface area contributed by atoms with Crippen molar-refractivity contribution in [3.05, 3.63) is 59.7 Å². The summed E-state index contributed by atoms with van der Waals surface area (Å²) in [5.74, 6) is 0.137. The van der Waals surface area contributed by atoms with Crippen LogP contribution in [0.5, 0.6) is 5.75 Å². The van der Waals surface area contributed by atoms with Gasteiger partial charge in [-0.05, 0) is 56.5 Å². The van der Waals surface area contributed by atoms with Gasteiger partial charge in [0.15, 0.2) is 0 Å². The Morgan fingerprint density at radius 3 is 2.39 bits per heavy atom. The number of nitriles is 1. The summed E-state index contributed by atoms with van der Waals surface area (Å²) in [5.41, 5.74) is 2.79. The van der Waals surface area contributed by atoms with E-state index in [0.717, 1.165) is 42.7 Å². The molecule has 2 N–H and O–H groups in total. The van der Waals surface area contributed by atoms with E-state index in [2.05, 4.69) is 16.3 Å². The molecule has 0 radical (unpaired) electrons. The number of aromatic hydroxyl groups is 1. The van der Waals surface area contributed by atoms with Gasteiger partial charge in [0, 0.05) is 31.4 Å². The molecule has 1 fully saturated rings. The fourth-order valence-electron chi connectivity index (χ4n) is 4.14. The highest BCUT2D eigenvalue weighted by Gasteiger charge is 2.30. The van der Waals surface area contributed by atoms with Crippen LogP contribution in [-0.2, 0) is 16.0 Å². The zero-order valence-corrected chi connectivity index (χ0v) is 19.3. The average molecular weight is 449 g/mol. The van der Waals surface area contributed by atoms with Gasteiger partial charge in [0.25, 0.3) is 0 Å². The number of amides is 2. The SMILES string of the molecule is Cc1ccc(N(CCC#N)C(=O)[C@H](C)N2CCC(NC(=O)Cc3ccc(O)cc3)CC2)cc1. The van der Waals surface area contributed by atoms with Crippen molar-refractivity contribution in [3.8, 4) is 11.8 Å². The number of likely N-dealkylation sites (tertiary alicyclic amines) is 1. The van der Waals surface area contributed by atoms with Crippen molar-refractivity contribution < 1.29 is 14.7 Å². The van der Waals surface area contributed by atoms with Crippen LogP contribution in [-0.4, -0.2) is 53.5 Å². The van der Waals surface area contributed by atoms with E-state index in [-0.39, 0.29) is 42.5 Å². The van der Waals surface area contributed by atoms with Crippen LogP contribution in [0.1, 0.15) is 37.3 Å². The van der Waals surface area contributed by atoms with Gasteiger partial charge in [0.2, 0.25) is 11.8 Å². The molecule has 1 heterocycles. The molecule has 0 spiro atoms. The number of phenols is 1. The normalized spacial score (nSPS) is 15.4. The summed E-state index contributed by atoms with van der Waals surface area (Å²) in [5, 5.41) is 21.5. The van der Waals surface area contributed by atoms with E-state index in [1.165, 1.54) is 0 Å². The molecule has 7 heteroatoms. The topological polar surface area (TPSA) is 96.7 Å². The van der Waals surface area contributed by atoms with Gasteiger partial charge in [-0.15, -0.1) is 0 Å². The van der Waals surface area contributed by atoms with Crippen molar-refractivity contribution in [2.24, 2.45) is 0 Å². The van der Waals surface area contributed by atoms with Gasteiger partial charge in [0.05, 0.1) is 25.0 Å². The summed E-state index contributed by atoms with van der Waals surface area (Å²) in [6, 6.07) is 16.4. The molecular formula is C26H32N4O3. The number of nitrogens with one attached hydrogen (secondary N) is 1. The third-order valence-electron chi connectivity index (χ3n) is 6.16. The van der Waals surface area contributed by atoms with Gasteiger partial charge in [-0.25, -0.2) is 0 Å². The molecule has 7 nitrogen and oxygen atoms in total. The lowest BCUT2D eigenvalue weighted by Crippen LogP contribution is -2.53. The summed E-state index contributed by atoms with van der Waals surface area (Å²) in [6.07, 6.45) is 2.12. The second-order valence-electron chi connectivity index (χ2n) is 8.63. The van der Waals surface area contributed by atoms with E-state index in [1.807, 2.05) is 38.1 Å². The summed E-state index contributed by atoms with van der Waals surface area (Å²) in [6.45, 7) is 5.72. The molecule has 0 unspecified atom stereocenters. The van der Waals surface area contributed by atoms with Crippen molar-refractivity contribution in [3.63, 3.8) is 0 Å². The summed E-state index contributed by atoms with van der Waals surface area (Å²) in [4.78, 5) is 29.6. The maximum atomic E-state index is 13.3. The van der Waals surface area contributed by atoms with Crippen LogP contribution in [0.4, 0.5) is 5.69 Å². The van der Waals surface area contributed by atoms with Crippen LogP contribution in [0, 0.1) is 18.3 Å². The Morgan fingerprint density at radius 1 is 1.15 bits per heavy atom. The zero-order valence-electron chi connectivity index (χ0n) is 19.3. The predicted octanol–water partition coefficient (Wildman–Crippen LogP) is 3.16. The fraction of sp³-hybridized carbons (Fsp3) is 0.423. The number of carbonyl (C=O) groups excluding carboxylic acids is 2. The van der Waals surface area contributed by atoms with Crippen LogP contribution < -0.4 is 10.2 Å². The lowest BCUT2D eigenvalue weighted by atomic mass is 10.0. The molecule has 1 aliphatic rings. The number of phenolic OH excluding ortho intramolecular Hbond substituents is 1. The fourth-order valence-corrected chi connectivity index (χ4v) is 4.14. The first-order valence-corrected chi connectivity index (χ1v) is 11.4. The molecule has 2 aromatic rings. The lowest BCUT2D eigenvalue weighted by Gasteiger charge is -2.37. The van der Waals surface area contributed by atoms with Gasteiger partial charge in [-0.1, -0.05) is 29.8 Å². The highest BCUT2D eigenvalue weighted by atomic mass is 16.3. The Morgan fingerprint density at radius 2 is 1.79 bits per heavy atom. The molecule has 0 aliphatic carbocycles. The standard InChI is InChI=1S/C26H32N4O3/c1-19-4-8-23(9-5-19)30(15-3-14-27)26(33)20(2)29-16-12-22(13-17-29)28-25(32)18-21-6-10-24(31)11-7-21/h4-11,20,22,31H,3,12-13,15-18H2,1-2H3,(H,28,32)/t20-/m0/s1. The van der Waals surface area contributed by atoms with E-state index in [9.17, 15) is 14.7 Å². The van der Waals surface area contributed by atoms with Crippen molar-refractivity contribution in [2.45, 2.75) is 51.6 Å². The second-order valence-corrected chi connectivity index (χ2v) is 8.63. The van der Waals surface area contributed by atoms with Crippen LogP contribution in [0.25, 0.3) is 0 Å². The Hall–Kier alpha value is -3.37. The number of benzene rings is 2. The molecule has 2 aromatic carbocycles. The second kappa shape index (κ2) is 11.5. The highest BCUT2D eigenvalue weighted by molar-refractivity contribution is 5.97. The number of hydrogen-bond acceptors (Lipinski definition) is 5. The number of rotatable bonds is 8. The highest BCUT2D eigenvalue weighted by Crippen LogP contribution is 2.20. The van der Waals surface area contributed by atoms with Crippen molar-refractivity contribution in [1.82, 2.24) is 10.2 Å². The maximum Gasteiger partial charge on any atom is 0.244 e. The number of anilines is 1. The first-order valence-electron chi connectivity index (χ1n) is 11.4. The minimum atomic E-state index is -0.307. The smallest absolute Gasteiger partial charge is 0.244 e. The summed E-state index contributed by atoms with van der Waals surface area (Å²) < 4.78 is 0. The Labute approximate surface area is 195 Å². The quantitative estimate of drug-likeness (QED) is 0.647. The maximum absolute atomic E-state index is 13.3. The van der Waals surface area contributed by atoms with Gasteiger partial charge in [0.1, 0.15) is 5.75 Å². The Bertz CT molecular complexity index is 974. The predicted molar refractivity (Wildman–Crippen MR) is 128 cm³/mol. The number of nitrogens with zero attached hydrogens (tertiary/aromatic N) is 3. The number of hydrogen-bond donors (Lipinski definition) is 2. The number of aryl methyl sites for hydroxylation is 1. The Balaban J connectivity index is 1.53. The first-order chi connectivity index (χ1) is 15.9. The van der Waals surface area contributed by atoms with E-state index >= 15 is 0 Å².